The number of hydrogen-bond acceptors (Lipinski definition) is 6. The minimum Gasteiger partial charge on any atom is -0.497 e. The zero-order chi connectivity index (χ0) is 25.7. The Morgan fingerprint density at radius 1 is 0.861 bits per heavy atom. The van der Waals surface area contributed by atoms with Crippen LogP contribution in [0.25, 0.3) is 0 Å². The average Bonchev–Trinajstić information content (AvgIpc) is 2.92. The molecular weight excluding hydrogens is 456 g/mol. The molecule has 36 heavy (non-hydrogen) atoms. The summed E-state index contributed by atoms with van der Waals surface area (Å²) in [6, 6.07) is 12.4. The van der Waals surface area contributed by atoms with Crippen molar-refractivity contribution in [3.8, 4) is 17.2 Å². The Kier molecular flexibility index (Phi) is 8.46. The van der Waals surface area contributed by atoms with Crippen LogP contribution in [0.4, 0.5) is 16.2 Å². The molecule has 196 valence electrons. The fraction of sp³-hybridized carbons (Fsp3) is 0.536. The minimum absolute atomic E-state index is 0.0661. The molecule has 0 bridgehead atoms. The summed E-state index contributed by atoms with van der Waals surface area (Å²) in [6.45, 7) is 9.45. The number of methoxy groups -OCH3 is 3. The molecule has 0 radical (unpaired) electrons. The highest BCUT2D eigenvalue weighted by Gasteiger charge is 2.26. The number of ether oxygens (including phenoxy) is 3. The quantitative estimate of drug-likeness (QED) is 0.602. The smallest absolute Gasteiger partial charge is 0.321 e. The summed E-state index contributed by atoms with van der Waals surface area (Å²) in [5, 5.41) is 3.12. The van der Waals surface area contributed by atoms with Crippen LogP contribution in [0.3, 0.4) is 0 Å². The van der Waals surface area contributed by atoms with Crippen LogP contribution in [-0.4, -0.2) is 82.5 Å². The normalized spacial score (nSPS) is 17.3. The zero-order valence-corrected chi connectivity index (χ0v) is 22.3. The third-order valence-electron chi connectivity index (χ3n) is 7.45. The summed E-state index contributed by atoms with van der Waals surface area (Å²) in [6.07, 6.45) is 2.20. The predicted molar refractivity (Wildman–Crippen MR) is 144 cm³/mol. The maximum atomic E-state index is 13.1. The van der Waals surface area contributed by atoms with Crippen LogP contribution in [0.1, 0.15) is 38.2 Å². The van der Waals surface area contributed by atoms with Gasteiger partial charge in [0, 0.05) is 61.8 Å². The first kappa shape index (κ1) is 25.9. The number of anilines is 2. The van der Waals surface area contributed by atoms with Crippen molar-refractivity contribution in [3.63, 3.8) is 0 Å². The first-order valence-corrected chi connectivity index (χ1v) is 12.9. The molecule has 2 aromatic carbocycles. The molecule has 2 aliphatic heterocycles. The van der Waals surface area contributed by atoms with E-state index in [4.69, 9.17) is 14.2 Å². The van der Waals surface area contributed by atoms with Gasteiger partial charge in [0.2, 0.25) is 0 Å². The van der Waals surface area contributed by atoms with Crippen molar-refractivity contribution in [1.29, 1.82) is 0 Å². The lowest BCUT2D eigenvalue weighted by molar-refractivity contribution is 0.171. The molecule has 4 rings (SSSR count). The standard InChI is InChI=1S/C28H40N4O4/c1-20(2)30-10-8-21(9-11-30)26-16-22(6-7-27(26)36-5)29-28(33)32-14-12-31(13-15-32)23-17-24(34-3)19-25(18-23)35-4/h6-7,16-21H,8-15H2,1-5H3,(H,29,33). The van der Waals surface area contributed by atoms with E-state index in [-0.39, 0.29) is 6.03 Å². The minimum atomic E-state index is -0.0661. The fourth-order valence-corrected chi connectivity index (χ4v) is 5.20. The Morgan fingerprint density at radius 3 is 2.06 bits per heavy atom. The highest BCUT2D eigenvalue weighted by molar-refractivity contribution is 5.89. The molecule has 0 spiro atoms. The number of benzene rings is 2. The van der Waals surface area contributed by atoms with E-state index in [0.717, 1.165) is 67.6 Å². The molecule has 0 saturated carbocycles. The largest absolute Gasteiger partial charge is 0.497 e. The number of piperazine rings is 1. The van der Waals surface area contributed by atoms with Crippen molar-refractivity contribution in [3.05, 3.63) is 42.0 Å². The maximum Gasteiger partial charge on any atom is 0.321 e. The van der Waals surface area contributed by atoms with E-state index < -0.39 is 0 Å². The van der Waals surface area contributed by atoms with Gasteiger partial charge in [-0.1, -0.05) is 0 Å². The highest BCUT2D eigenvalue weighted by atomic mass is 16.5. The average molecular weight is 497 g/mol. The van der Waals surface area contributed by atoms with Gasteiger partial charge >= 0.3 is 6.03 Å². The van der Waals surface area contributed by atoms with E-state index in [1.165, 1.54) is 5.56 Å². The van der Waals surface area contributed by atoms with Gasteiger partial charge in [-0.25, -0.2) is 4.79 Å². The second kappa shape index (κ2) is 11.7. The summed E-state index contributed by atoms with van der Waals surface area (Å²) in [5.74, 6) is 2.86. The monoisotopic (exact) mass is 496 g/mol. The van der Waals surface area contributed by atoms with Crippen LogP contribution in [0.15, 0.2) is 36.4 Å². The van der Waals surface area contributed by atoms with Crippen molar-refractivity contribution in [1.82, 2.24) is 9.80 Å². The van der Waals surface area contributed by atoms with Crippen LogP contribution >= 0.6 is 0 Å². The number of urea groups is 1. The molecule has 2 fully saturated rings. The van der Waals surface area contributed by atoms with Crippen molar-refractivity contribution in [2.24, 2.45) is 0 Å². The topological polar surface area (TPSA) is 66.5 Å². The molecule has 2 saturated heterocycles. The predicted octanol–water partition coefficient (Wildman–Crippen LogP) is 4.65. The Bertz CT molecular complexity index is 1010. The van der Waals surface area contributed by atoms with Gasteiger partial charge in [0.15, 0.2) is 0 Å². The van der Waals surface area contributed by atoms with E-state index in [9.17, 15) is 4.79 Å². The summed E-state index contributed by atoms with van der Waals surface area (Å²) in [7, 11) is 5.03. The van der Waals surface area contributed by atoms with Crippen LogP contribution in [0, 0.1) is 0 Å². The first-order valence-electron chi connectivity index (χ1n) is 12.9. The number of nitrogens with zero attached hydrogens (tertiary/aromatic N) is 3. The molecule has 0 atom stereocenters. The Morgan fingerprint density at radius 2 is 1.50 bits per heavy atom. The fourth-order valence-electron chi connectivity index (χ4n) is 5.20. The van der Waals surface area contributed by atoms with Gasteiger partial charge < -0.3 is 34.2 Å². The lowest BCUT2D eigenvalue weighted by atomic mass is 9.88. The van der Waals surface area contributed by atoms with E-state index in [2.05, 4.69) is 35.0 Å². The van der Waals surface area contributed by atoms with E-state index in [0.29, 0.717) is 25.0 Å². The van der Waals surface area contributed by atoms with Crippen molar-refractivity contribution >= 4 is 17.4 Å². The van der Waals surface area contributed by atoms with Gasteiger partial charge in [-0.3, -0.25) is 0 Å². The molecule has 2 aromatic rings. The maximum absolute atomic E-state index is 13.1. The third-order valence-corrected chi connectivity index (χ3v) is 7.45. The zero-order valence-electron chi connectivity index (χ0n) is 22.3. The number of amides is 2. The lowest BCUT2D eigenvalue weighted by Crippen LogP contribution is -2.50. The number of hydrogen-bond donors (Lipinski definition) is 1. The van der Waals surface area contributed by atoms with Gasteiger partial charge in [-0.15, -0.1) is 0 Å². The number of likely N-dealkylation sites (tertiary alicyclic amines) is 1. The molecule has 2 amide bonds. The van der Waals surface area contributed by atoms with Gasteiger partial charge in [0.25, 0.3) is 0 Å². The molecule has 2 aliphatic rings. The van der Waals surface area contributed by atoms with Gasteiger partial charge in [-0.2, -0.15) is 0 Å². The summed E-state index contributed by atoms with van der Waals surface area (Å²) in [5.41, 5.74) is 3.05. The Labute approximate surface area is 215 Å². The summed E-state index contributed by atoms with van der Waals surface area (Å²) in [4.78, 5) is 19.7. The number of piperidine rings is 1. The Balaban J connectivity index is 1.37. The first-order chi connectivity index (χ1) is 17.4. The molecule has 1 N–H and O–H groups in total. The van der Waals surface area contributed by atoms with Gasteiger partial charge in [-0.05, 0) is 69.5 Å². The number of nitrogens with one attached hydrogen (secondary N) is 1. The van der Waals surface area contributed by atoms with Crippen LogP contribution in [0.5, 0.6) is 17.2 Å². The lowest BCUT2D eigenvalue weighted by Gasteiger charge is -2.36. The number of carbonyl (C=O) groups excluding carboxylic acids is 1. The number of rotatable bonds is 7. The summed E-state index contributed by atoms with van der Waals surface area (Å²) < 4.78 is 16.5. The van der Waals surface area contributed by atoms with Gasteiger partial charge in [0.1, 0.15) is 17.2 Å². The van der Waals surface area contributed by atoms with Crippen LogP contribution in [0.2, 0.25) is 0 Å². The van der Waals surface area contributed by atoms with Crippen LogP contribution < -0.4 is 24.4 Å². The second-order valence-electron chi connectivity index (χ2n) is 9.84. The van der Waals surface area contributed by atoms with Crippen LogP contribution in [-0.2, 0) is 0 Å². The molecule has 0 aromatic heterocycles. The van der Waals surface area contributed by atoms with Crippen molar-refractivity contribution in [2.75, 3.05) is 70.8 Å². The Hall–Kier alpha value is -3.13. The van der Waals surface area contributed by atoms with E-state index in [1.54, 1.807) is 21.3 Å². The molecule has 8 nitrogen and oxygen atoms in total. The molecular formula is C28H40N4O4. The van der Waals surface area contributed by atoms with Crippen molar-refractivity contribution < 1.29 is 19.0 Å². The number of carbonyl (C=O) groups is 1. The highest BCUT2D eigenvalue weighted by Crippen LogP contribution is 2.36. The summed E-state index contributed by atoms with van der Waals surface area (Å²) >= 11 is 0. The molecule has 8 heteroatoms. The SMILES string of the molecule is COc1cc(OC)cc(N2CCN(C(=O)Nc3ccc(OC)c(C4CCN(C(C)C)CC4)c3)CC2)c1. The molecule has 2 heterocycles. The van der Waals surface area contributed by atoms with E-state index in [1.807, 2.05) is 35.2 Å². The second-order valence-corrected chi connectivity index (χ2v) is 9.84. The molecule has 0 aliphatic carbocycles. The van der Waals surface area contributed by atoms with E-state index >= 15 is 0 Å². The van der Waals surface area contributed by atoms with Gasteiger partial charge in [0.05, 0.1) is 21.3 Å². The molecule has 0 unspecified atom stereocenters. The third kappa shape index (κ3) is 5.98. The van der Waals surface area contributed by atoms with Crippen molar-refractivity contribution in [2.45, 2.75) is 38.6 Å².